The van der Waals surface area contributed by atoms with Crippen LogP contribution in [-0.4, -0.2) is 29.4 Å². The highest BCUT2D eigenvalue weighted by Crippen LogP contribution is 2.20. The lowest BCUT2D eigenvalue weighted by molar-refractivity contribution is 0.902. The van der Waals surface area contributed by atoms with E-state index >= 15 is 0 Å². The number of hydrogen-bond donors (Lipinski definition) is 1. The third-order valence-electron chi connectivity index (χ3n) is 2.45. The first-order chi connectivity index (χ1) is 7.77. The van der Waals surface area contributed by atoms with Crippen molar-refractivity contribution in [1.29, 1.82) is 0 Å². The van der Waals surface area contributed by atoms with E-state index in [9.17, 15) is 0 Å². The van der Waals surface area contributed by atoms with E-state index < -0.39 is 0 Å². The zero-order valence-corrected chi connectivity index (χ0v) is 9.27. The normalized spacial score (nSPS) is 11.1. The van der Waals surface area contributed by atoms with Crippen molar-refractivity contribution in [2.45, 2.75) is 0 Å². The lowest BCUT2D eigenvalue weighted by Gasteiger charge is -1.97. The van der Waals surface area contributed by atoms with Crippen molar-refractivity contribution in [3.05, 3.63) is 29.6 Å². The van der Waals surface area contributed by atoms with Crippen molar-refractivity contribution >= 4 is 17.7 Å². The van der Waals surface area contributed by atoms with Gasteiger partial charge in [0.25, 0.3) is 0 Å². The van der Waals surface area contributed by atoms with Crippen LogP contribution in [-0.2, 0) is 7.05 Å². The van der Waals surface area contributed by atoms with Gasteiger partial charge in [-0.25, -0.2) is 4.52 Å². The number of nitrogens with one attached hydrogen (secondary N) is 1. The van der Waals surface area contributed by atoms with E-state index in [-0.39, 0.29) is 0 Å². The van der Waals surface area contributed by atoms with Gasteiger partial charge in [0.2, 0.25) is 0 Å². The van der Waals surface area contributed by atoms with E-state index in [1.54, 1.807) is 33.9 Å². The van der Waals surface area contributed by atoms with Crippen molar-refractivity contribution in [2.24, 2.45) is 7.05 Å². The Labute approximate surface area is 95.6 Å². The Morgan fingerprint density at radius 3 is 3.00 bits per heavy atom. The van der Waals surface area contributed by atoms with Crippen molar-refractivity contribution < 1.29 is 0 Å². The van der Waals surface area contributed by atoms with Gasteiger partial charge in [-0.05, 0) is 12.2 Å². The smallest absolute Gasteiger partial charge is 0.195 e. The Kier molecular flexibility index (Phi) is 1.87. The van der Waals surface area contributed by atoms with Gasteiger partial charge in [0, 0.05) is 19.4 Å². The highest BCUT2D eigenvalue weighted by molar-refractivity contribution is 7.71. The number of aromatic nitrogens is 6. The number of aromatic amines is 1. The SMILES string of the molecule is Cn1c(-c2cnn3ccncc23)n[nH]c1=S. The first-order valence-electron chi connectivity index (χ1n) is 4.66. The molecule has 3 aromatic heterocycles. The average Bonchev–Trinajstić information content (AvgIpc) is 2.85. The molecule has 80 valence electrons. The fraction of sp³-hybridized carbons (Fsp3) is 0.111. The molecule has 0 aliphatic carbocycles. The minimum Gasteiger partial charge on any atom is -0.303 e. The summed E-state index contributed by atoms with van der Waals surface area (Å²) < 4.78 is 4.14. The van der Waals surface area contributed by atoms with E-state index in [4.69, 9.17) is 12.2 Å². The van der Waals surface area contributed by atoms with Gasteiger partial charge in [-0.15, -0.1) is 0 Å². The number of hydrogen-bond acceptors (Lipinski definition) is 4. The van der Waals surface area contributed by atoms with Crippen molar-refractivity contribution in [3.8, 4) is 11.4 Å². The standard InChI is InChI=1S/C9H8N6S/c1-14-8(12-13-9(14)16)6-4-11-15-3-2-10-5-7(6)15/h2-5H,1H3,(H,13,16). The summed E-state index contributed by atoms with van der Waals surface area (Å²) in [5.74, 6) is 0.757. The molecule has 0 atom stereocenters. The Bertz CT molecular complexity index is 706. The Balaban J connectivity index is 2.34. The summed E-state index contributed by atoms with van der Waals surface area (Å²) in [6.07, 6.45) is 6.98. The summed E-state index contributed by atoms with van der Waals surface area (Å²) >= 11 is 5.07. The molecule has 7 heteroatoms. The van der Waals surface area contributed by atoms with Crippen molar-refractivity contribution in [3.63, 3.8) is 0 Å². The largest absolute Gasteiger partial charge is 0.303 e. The minimum atomic E-state index is 0.582. The Morgan fingerprint density at radius 1 is 1.38 bits per heavy atom. The molecule has 0 aliphatic rings. The summed E-state index contributed by atoms with van der Waals surface area (Å²) in [6.45, 7) is 0. The number of fused-ring (bicyclic) bond motifs is 1. The second-order valence-electron chi connectivity index (χ2n) is 3.38. The minimum absolute atomic E-state index is 0.582. The van der Waals surface area contributed by atoms with E-state index in [1.807, 2.05) is 7.05 Å². The molecule has 6 nitrogen and oxygen atoms in total. The molecule has 3 aromatic rings. The molecular weight excluding hydrogens is 224 g/mol. The molecule has 3 heterocycles. The molecule has 0 unspecified atom stereocenters. The molecule has 0 radical (unpaired) electrons. The van der Waals surface area contributed by atoms with Gasteiger partial charge < -0.3 is 4.57 Å². The molecule has 0 saturated heterocycles. The maximum atomic E-state index is 5.07. The van der Waals surface area contributed by atoms with Crippen molar-refractivity contribution in [1.82, 2.24) is 29.4 Å². The van der Waals surface area contributed by atoms with Gasteiger partial charge in [0.05, 0.1) is 23.5 Å². The molecule has 0 spiro atoms. The molecular formula is C9H8N6S. The van der Waals surface area contributed by atoms with Crippen LogP contribution in [0.25, 0.3) is 16.9 Å². The van der Waals surface area contributed by atoms with Gasteiger partial charge in [0.1, 0.15) is 0 Å². The number of rotatable bonds is 1. The maximum absolute atomic E-state index is 5.07. The van der Waals surface area contributed by atoms with E-state index in [1.165, 1.54) is 0 Å². The Morgan fingerprint density at radius 2 is 2.25 bits per heavy atom. The Hall–Kier alpha value is -2.02. The molecule has 0 fully saturated rings. The van der Waals surface area contributed by atoms with Crippen LogP contribution >= 0.6 is 12.2 Å². The molecule has 16 heavy (non-hydrogen) atoms. The number of nitrogens with zero attached hydrogens (tertiary/aromatic N) is 5. The van der Waals surface area contributed by atoms with Crippen molar-refractivity contribution in [2.75, 3.05) is 0 Å². The predicted molar refractivity (Wildman–Crippen MR) is 60.4 cm³/mol. The predicted octanol–water partition coefficient (Wildman–Crippen LogP) is 1.19. The summed E-state index contributed by atoms with van der Waals surface area (Å²) in [7, 11) is 1.86. The van der Waals surface area contributed by atoms with Crippen LogP contribution < -0.4 is 0 Å². The van der Waals surface area contributed by atoms with E-state index in [0.29, 0.717) is 4.77 Å². The fourth-order valence-electron chi connectivity index (χ4n) is 1.59. The summed E-state index contributed by atoms with van der Waals surface area (Å²) in [4.78, 5) is 4.07. The zero-order valence-electron chi connectivity index (χ0n) is 8.45. The van der Waals surface area contributed by atoms with Gasteiger partial charge >= 0.3 is 0 Å². The second kappa shape index (κ2) is 3.24. The van der Waals surface area contributed by atoms with Gasteiger partial charge in [-0.1, -0.05) is 0 Å². The highest BCUT2D eigenvalue weighted by atomic mass is 32.1. The van der Waals surface area contributed by atoms with Crippen LogP contribution in [0.4, 0.5) is 0 Å². The summed E-state index contributed by atoms with van der Waals surface area (Å²) in [5.41, 5.74) is 1.81. The van der Waals surface area contributed by atoms with Crippen LogP contribution in [0.5, 0.6) is 0 Å². The van der Waals surface area contributed by atoms with Crippen LogP contribution in [0.15, 0.2) is 24.8 Å². The molecule has 0 saturated carbocycles. The summed E-state index contributed by atoms with van der Waals surface area (Å²) in [6, 6.07) is 0. The molecule has 0 amide bonds. The monoisotopic (exact) mass is 232 g/mol. The third kappa shape index (κ3) is 1.18. The van der Waals surface area contributed by atoms with Crippen LogP contribution in [0, 0.1) is 4.77 Å². The number of H-pyrrole nitrogens is 1. The van der Waals surface area contributed by atoms with Crippen LogP contribution in [0.3, 0.4) is 0 Å². The third-order valence-corrected chi connectivity index (χ3v) is 2.81. The molecule has 1 N–H and O–H groups in total. The first-order valence-corrected chi connectivity index (χ1v) is 5.07. The van der Waals surface area contributed by atoms with E-state index in [0.717, 1.165) is 16.9 Å². The second-order valence-corrected chi connectivity index (χ2v) is 3.76. The maximum Gasteiger partial charge on any atom is 0.195 e. The first kappa shape index (κ1) is 9.22. The van der Waals surface area contributed by atoms with Gasteiger partial charge in [-0.3, -0.25) is 10.1 Å². The van der Waals surface area contributed by atoms with Gasteiger partial charge in [-0.2, -0.15) is 10.2 Å². The van der Waals surface area contributed by atoms with Gasteiger partial charge in [0.15, 0.2) is 10.6 Å². The van der Waals surface area contributed by atoms with Crippen LogP contribution in [0.2, 0.25) is 0 Å². The van der Waals surface area contributed by atoms with E-state index in [2.05, 4.69) is 20.3 Å². The molecule has 3 rings (SSSR count). The molecule has 0 aliphatic heterocycles. The summed E-state index contributed by atoms with van der Waals surface area (Å²) in [5, 5.41) is 11.1. The lowest BCUT2D eigenvalue weighted by Crippen LogP contribution is -1.92. The molecule has 0 bridgehead atoms. The topological polar surface area (TPSA) is 63.8 Å². The lowest BCUT2D eigenvalue weighted by atomic mass is 10.3. The highest BCUT2D eigenvalue weighted by Gasteiger charge is 2.11. The van der Waals surface area contributed by atoms with Crippen LogP contribution in [0.1, 0.15) is 0 Å². The molecule has 0 aromatic carbocycles. The quantitative estimate of drug-likeness (QED) is 0.640. The average molecular weight is 232 g/mol. The zero-order chi connectivity index (χ0) is 11.1. The fourth-order valence-corrected chi connectivity index (χ4v) is 1.73.